The molecule has 2 rings (SSSR count). The summed E-state index contributed by atoms with van der Waals surface area (Å²) in [5.74, 6) is -0.0385. The number of amides is 1. The van der Waals surface area contributed by atoms with E-state index in [1.807, 2.05) is 0 Å². The molecule has 104 valence electrons. The number of aliphatic hydroxyl groups is 1. The van der Waals surface area contributed by atoms with Crippen LogP contribution in [0.4, 0.5) is 5.82 Å². The molecule has 2 atom stereocenters. The van der Waals surface area contributed by atoms with E-state index in [0.717, 1.165) is 6.42 Å². The molecule has 1 saturated heterocycles. The minimum Gasteiger partial charge on any atom is -0.396 e. The standard InChI is InChI=1S/C12H17N3O4/c1-8(17)13-10-4-6-15(12(18)14-10)11-3-2-9(19-11)5-7-16/h4,6,9,11,16H,2-3,5,7H2,1H3,(H,13,14,17,18)/t9-,11+/m0/s1. The van der Waals surface area contributed by atoms with Crippen molar-refractivity contribution in [3.8, 4) is 0 Å². The second-order valence-corrected chi connectivity index (χ2v) is 4.49. The van der Waals surface area contributed by atoms with Crippen molar-refractivity contribution in [2.45, 2.75) is 38.5 Å². The van der Waals surface area contributed by atoms with Gasteiger partial charge in [-0.2, -0.15) is 4.98 Å². The van der Waals surface area contributed by atoms with Gasteiger partial charge in [-0.25, -0.2) is 4.79 Å². The van der Waals surface area contributed by atoms with Crippen LogP contribution in [0.15, 0.2) is 17.1 Å². The van der Waals surface area contributed by atoms with E-state index in [1.54, 1.807) is 12.3 Å². The number of anilines is 1. The third-order valence-corrected chi connectivity index (χ3v) is 2.98. The lowest BCUT2D eigenvalue weighted by molar-refractivity contribution is -0.114. The Balaban J connectivity index is 2.09. The van der Waals surface area contributed by atoms with Crippen molar-refractivity contribution < 1.29 is 14.6 Å². The monoisotopic (exact) mass is 267 g/mol. The summed E-state index contributed by atoms with van der Waals surface area (Å²) in [6.07, 6.45) is 3.30. The number of ether oxygens (including phenoxy) is 1. The Labute approximate surface area is 110 Å². The zero-order valence-electron chi connectivity index (χ0n) is 10.7. The average molecular weight is 267 g/mol. The number of aromatic nitrogens is 2. The van der Waals surface area contributed by atoms with Gasteiger partial charge in [0.1, 0.15) is 12.0 Å². The molecular formula is C12H17N3O4. The van der Waals surface area contributed by atoms with Crippen LogP contribution in [0.2, 0.25) is 0 Å². The summed E-state index contributed by atoms with van der Waals surface area (Å²) in [4.78, 5) is 26.5. The number of aliphatic hydroxyl groups excluding tert-OH is 1. The molecule has 0 aromatic carbocycles. The Bertz CT molecular complexity index is 514. The van der Waals surface area contributed by atoms with Crippen LogP contribution in [0.25, 0.3) is 0 Å². The topological polar surface area (TPSA) is 93.5 Å². The largest absolute Gasteiger partial charge is 0.396 e. The molecule has 0 bridgehead atoms. The fraction of sp³-hybridized carbons (Fsp3) is 0.583. The maximum Gasteiger partial charge on any atom is 0.351 e. The first kappa shape index (κ1) is 13.7. The molecule has 2 N–H and O–H groups in total. The number of hydrogen-bond acceptors (Lipinski definition) is 5. The van der Waals surface area contributed by atoms with Gasteiger partial charge in [-0.3, -0.25) is 9.36 Å². The maximum atomic E-state index is 11.8. The second kappa shape index (κ2) is 5.94. The molecule has 7 nitrogen and oxygen atoms in total. The highest BCUT2D eigenvalue weighted by molar-refractivity contribution is 5.87. The summed E-state index contributed by atoms with van der Waals surface area (Å²) in [6.45, 7) is 1.43. The van der Waals surface area contributed by atoms with Crippen molar-refractivity contribution in [3.05, 3.63) is 22.7 Å². The third-order valence-electron chi connectivity index (χ3n) is 2.98. The van der Waals surface area contributed by atoms with E-state index in [2.05, 4.69) is 10.3 Å². The lowest BCUT2D eigenvalue weighted by Crippen LogP contribution is -2.28. The van der Waals surface area contributed by atoms with E-state index in [1.165, 1.54) is 11.5 Å². The summed E-state index contributed by atoms with van der Waals surface area (Å²) in [6, 6.07) is 1.56. The molecule has 0 spiro atoms. The molecule has 1 fully saturated rings. The van der Waals surface area contributed by atoms with Gasteiger partial charge in [-0.1, -0.05) is 0 Å². The van der Waals surface area contributed by atoms with Crippen molar-refractivity contribution in [1.82, 2.24) is 9.55 Å². The molecule has 0 aliphatic carbocycles. The van der Waals surface area contributed by atoms with E-state index in [0.29, 0.717) is 12.8 Å². The van der Waals surface area contributed by atoms with E-state index in [4.69, 9.17) is 9.84 Å². The van der Waals surface area contributed by atoms with Crippen LogP contribution in [0, 0.1) is 0 Å². The molecule has 0 unspecified atom stereocenters. The van der Waals surface area contributed by atoms with Gasteiger partial charge >= 0.3 is 5.69 Å². The van der Waals surface area contributed by atoms with Crippen LogP contribution < -0.4 is 11.0 Å². The van der Waals surface area contributed by atoms with E-state index >= 15 is 0 Å². The van der Waals surface area contributed by atoms with E-state index < -0.39 is 5.69 Å². The smallest absolute Gasteiger partial charge is 0.351 e. The number of rotatable bonds is 4. The number of carbonyl (C=O) groups is 1. The first-order valence-corrected chi connectivity index (χ1v) is 6.23. The molecule has 19 heavy (non-hydrogen) atoms. The van der Waals surface area contributed by atoms with Crippen LogP contribution >= 0.6 is 0 Å². The molecule has 0 saturated carbocycles. The predicted molar refractivity (Wildman–Crippen MR) is 67.6 cm³/mol. The van der Waals surface area contributed by atoms with Gasteiger partial charge < -0.3 is 15.2 Å². The van der Waals surface area contributed by atoms with Crippen LogP contribution in [0.1, 0.15) is 32.4 Å². The average Bonchev–Trinajstić information content (AvgIpc) is 2.77. The first-order chi connectivity index (χ1) is 9.10. The molecular weight excluding hydrogens is 250 g/mol. The Morgan fingerprint density at radius 1 is 1.63 bits per heavy atom. The predicted octanol–water partition coefficient (Wildman–Crippen LogP) is 0.262. The van der Waals surface area contributed by atoms with Gasteiger partial charge in [-0.15, -0.1) is 0 Å². The van der Waals surface area contributed by atoms with Gasteiger partial charge in [0, 0.05) is 19.7 Å². The van der Waals surface area contributed by atoms with Gasteiger partial charge in [-0.05, 0) is 25.3 Å². The Morgan fingerprint density at radius 2 is 2.42 bits per heavy atom. The minimum absolute atomic E-state index is 0.0167. The molecule has 0 radical (unpaired) electrons. The molecule has 7 heteroatoms. The third kappa shape index (κ3) is 3.39. The van der Waals surface area contributed by atoms with Crippen LogP contribution in [0.5, 0.6) is 0 Å². The zero-order chi connectivity index (χ0) is 13.8. The van der Waals surface area contributed by atoms with Crippen molar-refractivity contribution in [1.29, 1.82) is 0 Å². The molecule has 2 heterocycles. The summed E-state index contributed by atoms with van der Waals surface area (Å²) in [5.41, 5.74) is -0.458. The summed E-state index contributed by atoms with van der Waals surface area (Å²) < 4.78 is 7.07. The summed E-state index contributed by atoms with van der Waals surface area (Å²) in [7, 11) is 0. The van der Waals surface area contributed by atoms with Gasteiger partial charge in [0.15, 0.2) is 0 Å². The molecule has 1 aliphatic rings. The lowest BCUT2D eigenvalue weighted by Gasteiger charge is -2.15. The fourth-order valence-corrected chi connectivity index (χ4v) is 2.13. The number of nitrogens with one attached hydrogen (secondary N) is 1. The van der Waals surface area contributed by atoms with Crippen molar-refractivity contribution in [3.63, 3.8) is 0 Å². The zero-order valence-corrected chi connectivity index (χ0v) is 10.7. The van der Waals surface area contributed by atoms with Gasteiger partial charge in [0.2, 0.25) is 5.91 Å². The van der Waals surface area contributed by atoms with Crippen LogP contribution in [-0.4, -0.2) is 33.3 Å². The van der Waals surface area contributed by atoms with Crippen LogP contribution in [-0.2, 0) is 9.53 Å². The SMILES string of the molecule is CC(=O)Nc1ccn([C@H]2CC[C@@H](CCO)O2)c(=O)n1. The Kier molecular flexibility index (Phi) is 4.28. The number of hydrogen-bond donors (Lipinski definition) is 2. The molecule has 1 aliphatic heterocycles. The molecule has 1 aromatic rings. The number of carbonyl (C=O) groups excluding carboxylic acids is 1. The van der Waals surface area contributed by atoms with Crippen molar-refractivity contribution in [2.24, 2.45) is 0 Å². The highest BCUT2D eigenvalue weighted by Gasteiger charge is 2.26. The lowest BCUT2D eigenvalue weighted by atomic mass is 10.2. The summed E-state index contributed by atoms with van der Waals surface area (Å²) >= 11 is 0. The molecule has 1 aromatic heterocycles. The Morgan fingerprint density at radius 3 is 3.05 bits per heavy atom. The fourth-order valence-electron chi connectivity index (χ4n) is 2.13. The normalized spacial score (nSPS) is 22.4. The first-order valence-electron chi connectivity index (χ1n) is 6.23. The minimum atomic E-state index is -0.458. The number of nitrogens with zero attached hydrogens (tertiary/aromatic N) is 2. The maximum absolute atomic E-state index is 11.8. The van der Waals surface area contributed by atoms with Crippen molar-refractivity contribution >= 4 is 11.7 Å². The highest BCUT2D eigenvalue weighted by Crippen LogP contribution is 2.28. The van der Waals surface area contributed by atoms with Gasteiger partial charge in [0.05, 0.1) is 6.10 Å². The Hall–Kier alpha value is -1.73. The quantitative estimate of drug-likeness (QED) is 0.816. The van der Waals surface area contributed by atoms with Crippen LogP contribution in [0.3, 0.4) is 0 Å². The molecule has 1 amide bonds. The van der Waals surface area contributed by atoms with E-state index in [-0.39, 0.29) is 30.7 Å². The highest BCUT2D eigenvalue weighted by atomic mass is 16.5. The second-order valence-electron chi connectivity index (χ2n) is 4.49. The van der Waals surface area contributed by atoms with E-state index in [9.17, 15) is 9.59 Å². The van der Waals surface area contributed by atoms with Gasteiger partial charge in [0.25, 0.3) is 0 Å². The van der Waals surface area contributed by atoms with Crippen molar-refractivity contribution in [2.75, 3.05) is 11.9 Å². The summed E-state index contributed by atoms with van der Waals surface area (Å²) in [5, 5.41) is 11.3.